The standard InChI is InChI=1S/C28H31FN2O7S/c1-36-27(33)25-23(7-6-21-22-13-19(22)16-38-26(21)25)31(28(34)37-2)39(35)24-8-5-20(29)12-18(24)4-3-10-30-11-9-17(14-30)15-32/h3-8,12,17,19,22,32H,9-11,13-16H2,1-2H3. The van der Waals surface area contributed by atoms with E-state index < -0.39 is 28.9 Å². The summed E-state index contributed by atoms with van der Waals surface area (Å²) in [6, 6.07) is 7.07. The number of fused-ring (bicyclic) bond motifs is 3. The van der Waals surface area contributed by atoms with E-state index in [4.69, 9.17) is 14.2 Å². The second-order valence-corrected chi connectivity index (χ2v) is 11.3. The summed E-state index contributed by atoms with van der Waals surface area (Å²) in [6.07, 6.45) is 4.37. The summed E-state index contributed by atoms with van der Waals surface area (Å²) in [5, 5.41) is 9.38. The van der Waals surface area contributed by atoms with Crippen LogP contribution in [-0.2, 0) is 20.5 Å². The molecular formula is C28H31FN2O7S. The van der Waals surface area contributed by atoms with Crippen LogP contribution in [0.5, 0.6) is 5.75 Å². The molecule has 2 aromatic carbocycles. The van der Waals surface area contributed by atoms with Gasteiger partial charge in [-0.25, -0.2) is 18.2 Å². The molecule has 2 aliphatic heterocycles. The fraction of sp³-hybridized carbons (Fsp3) is 0.429. The van der Waals surface area contributed by atoms with Crippen LogP contribution in [-0.4, -0.2) is 73.3 Å². The van der Waals surface area contributed by atoms with Crippen LogP contribution < -0.4 is 9.04 Å². The van der Waals surface area contributed by atoms with Crippen molar-refractivity contribution in [2.24, 2.45) is 11.8 Å². The molecular weight excluding hydrogens is 527 g/mol. The van der Waals surface area contributed by atoms with E-state index in [0.717, 1.165) is 49.0 Å². The molecule has 0 spiro atoms. The van der Waals surface area contributed by atoms with Crippen LogP contribution in [0.1, 0.15) is 40.2 Å². The Bertz CT molecular complexity index is 1330. The largest absolute Gasteiger partial charge is 0.492 e. The molecule has 2 fully saturated rings. The first-order valence-corrected chi connectivity index (χ1v) is 13.9. The summed E-state index contributed by atoms with van der Waals surface area (Å²) in [4.78, 5) is 28.3. The molecule has 3 aliphatic rings. The van der Waals surface area contributed by atoms with Crippen molar-refractivity contribution in [1.29, 1.82) is 0 Å². The van der Waals surface area contributed by atoms with E-state index in [9.17, 15) is 23.3 Å². The highest BCUT2D eigenvalue weighted by molar-refractivity contribution is 7.87. The van der Waals surface area contributed by atoms with Gasteiger partial charge in [0, 0.05) is 25.6 Å². The minimum absolute atomic E-state index is 0.00854. The Morgan fingerprint density at radius 3 is 2.79 bits per heavy atom. The SMILES string of the molecule is COC(=O)c1c(N(C(=O)OC)S(=O)c2ccc(F)cc2C=CCN2CCC(CO)C2)ccc2c1OCC1CC21. The van der Waals surface area contributed by atoms with Crippen LogP contribution in [0.25, 0.3) is 6.08 Å². The summed E-state index contributed by atoms with van der Waals surface area (Å²) >= 11 is 0. The quantitative estimate of drug-likeness (QED) is 0.489. The molecule has 1 aliphatic carbocycles. The molecule has 0 radical (unpaired) electrons. The second kappa shape index (κ2) is 11.4. The highest BCUT2D eigenvalue weighted by Crippen LogP contribution is 2.55. The molecule has 5 rings (SSSR count). The molecule has 208 valence electrons. The van der Waals surface area contributed by atoms with Gasteiger partial charge in [0.25, 0.3) is 0 Å². The van der Waals surface area contributed by atoms with Crippen molar-refractivity contribution in [1.82, 2.24) is 4.90 Å². The lowest BCUT2D eigenvalue weighted by atomic mass is 10.00. The van der Waals surface area contributed by atoms with Gasteiger partial charge in [-0.05, 0) is 66.6 Å². The zero-order valence-electron chi connectivity index (χ0n) is 21.8. The van der Waals surface area contributed by atoms with Crippen molar-refractivity contribution in [3.8, 4) is 5.75 Å². The van der Waals surface area contributed by atoms with Crippen molar-refractivity contribution in [2.75, 3.05) is 51.4 Å². The summed E-state index contributed by atoms with van der Waals surface area (Å²) in [6.45, 7) is 2.74. The smallest absolute Gasteiger partial charge is 0.426 e. The van der Waals surface area contributed by atoms with Crippen molar-refractivity contribution >= 4 is 34.8 Å². The van der Waals surface area contributed by atoms with Gasteiger partial charge in [0.2, 0.25) is 0 Å². The maximum absolute atomic E-state index is 14.3. The highest BCUT2D eigenvalue weighted by atomic mass is 32.2. The first-order chi connectivity index (χ1) is 18.9. The number of hydrogen-bond donors (Lipinski definition) is 1. The molecule has 1 saturated carbocycles. The minimum Gasteiger partial charge on any atom is -0.492 e. The molecule has 2 heterocycles. The fourth-order valence-corrected chi connectivity index (χ4v) is 6.56. The molecule has 4 unspecified atom stereocenters. The van der Waals surface area contributed by atoms with Crippen molar-refractivity contribution < 1.29 is 37.5 Å². The second-order valence-electron chi connectivity index (χ2n) is 9.98. The van der Waals surface area contributed by atoms with E-state index in [1.807, 2.05) is 6.08 Å². The molecule has 9 nitrogen and oxygen atoms in total. The Labute approximate surface area is 228 Å². The van der Waals surface area contributed by atoms with Gasteiger partial charge in [-0.2, -0.15) is 4.31 Å². The number of aliphatic hydroxyl groups excluding tert-OH is 1. The molecule has 0 bridgehead atoms. The van der Waals surface area contributed by atoms with E-state index in [-0.39, 0.29) is 34.6 Å². The average Bonchev–Trinajstić information content (AvgIpc) is 3.61. The first-order valence-electron chi connectivity index (χ1n) is 12.8. The number of amides is 1. The summed E-state index contributed by atoms with van der Waals surface area (Å²) in [5.74, 6) is -0.0609. The van der Waals surface area contributed by atoms with Crippen LogP contribution in [0, 0.1) is 17.7 Å². The lowest BCUT2D eigenvalue weighted by Crippen LogP contribution is -2.35. The number of hydrogen-bond acceptors (Lipinski definition) is 8. The van der Waals surface area contributed by atoms with Gasteiger partial charge in [0.1, 0.15) is 17.1 Å². The molecule has 1 N–H and O–H groups in total. The molecule has 39 heavy (non-hydrogen) atoms. The van der Waals surface area contributed by atoms with Crippen LogP contribution in [0.4, 0.5) is 14.9 Å². The number of ether oxygens (including phenoxy) is 3. The third kappa shape index (κ3) is 5.43. The Morgan fingerprint density at radius 1 is 1.26 bits per heavy atom. The van der Waals surface area contributed by atoms with Crippen LogP contribution in [0.3, 0.4) is 0 Å². The number of aliphatic hydroxyl groups is 1. The number of halogens is 1. The number of methoxy groups -OCH3 is 2. The molecule has 0 aromatic heterocycles. The van der Waals surface area contributed by atoms with E-state index in [0.29, 0.717) is 30.4 Å². The zero-order valence-corrected chi connectivity index (χ0v) is 22.6. The third-order valence-electron chi connectivity index (χ3n) is 7.49. The number of nitrogens with zero attached hydrogens (tertiary/aromatic N) is 2. The Hall–Kier alpha value is -3.28. The van der Waals surface area contributed by atoms with Gasteiger partial charge < -0.3 is 19.3 Å². The minimum atomic E-state index is -2.23. The van der Waals surface area contributed by atoms with Crippen LogP contribution >= 0.6 is 0 Å². The number of anilines is 1. The maximum atomic E-state index is 14.3. The van der Waals surface area contributed by atoms with Crippen LogP contribution in [0.15, 0.2) is 41.3 Å². The zero-order chi connectivity index (χ0) is 27.7. The average molecular weight is 559 g/mol. The highest BCUT2D eigenvalue weighted by Gasteiger charge is 2.46. The van der Waals surface area contributed by atoms with Crippen molar-refractivity contribution in [2.45, 2.75) is 23.7 Å². The number of benzene rings is 2. The molecule has 1 amide bonds. The van der Waals surface area contributed by atoms with E-state index in [1.54, 1.807) is 18.2 Å². The number of carbonyl (C=O) groups excluding carboxylic acids is 2. The Balaban J connectivity index is 1.51. The monoisotopic (exact) mass is 558 g/mol. The number of carbonyl (C=O) groups is 2. The van der Waals surface area contributed by atoms with E-state index in [2.05, 4.69) is 4.90 Å². The van der Waals surface area contributed by atoms with E-state index in [1.165, 1.54) is 19.2 Å². The lowest BCUT2D eigenvalue weighted by Gasteiger charge is -2.26. The number of likely N-dealkylation sites (tertiary alicyclic amines) is 1. The van der Waals surface area contributed by atoms with Gasteiger partial charge in [0.15, 0.2) is 11.0 Å². The Kier molecular flexibility index (Phi) is 8.01. The topological polar surface area (TPSA) is 106 Å². The number of esters is 1. The Morgan fingerprint density at radius 2 is 2.08 bits per heavy atom. The van der Waals surface area contributed by atoms with Gasteiger partial charge in [-0.1, -0.05) is 18.2 Å². The normalized spacial score (nSPS) is 22.5. The van der Waals surface area contributed by atoms with Gasteiger partial charge in [-0.15, -0.1) is 0 Å². The first kappa shape index (κ1) is 27.3. The predicted molar refractivity (Wildman–Crippen MR) is 142 cm³/mol. The summed E-state index contributed by atoms with van der Waals surface area (Å²) in [5.41, 5.74) is 1.17. The molecule has 4 atom stereocenters. The van der Waals surface area contributed by atoms with Gasteiger partial charge in [0.05, 0.1) is 31.4 Å². The molecule has 11 heteroatoms. The van der Waals surface area contributed by atoms with Crippen molar-refractivity contribution in [3.63, 3.8) is 0 Å². The number of rotatable bonds is 8. The van der Waals surface area contributed by atoms with Gasteiger partial charge in [-0.3, -0.25) is 4.90 Å². The van der Waals surface area contributed by atoms with Crippen LogP contribution in [0.2, 0.25) is 0 Å². The maximum Gasteiger partial charge on any atom is 0.426 e. The van der Waals surface area contributed by atoms with Gasteiger partial charge >= 0.3 is 12.1 Å². The predicted octanol–water partition coefficient (Wildman–Crippen LogP) is 3.73. The fourth-order valence-electron chi connectivity index (χ4n) is 5.31. The molecule has 2 aromatic rings. The third-order valence-corrected chi connectivity index (χ3v) is 8.92. The summed E-state index contributed by atoms with van der Waals surface area (Å²) < 4.78 is 45.1. The van der Waals surface area contributed by atoms with E-state index >= 15 is 0 Å². The summed E-state index contributed by atoms with van der Waals surface area (Å²) in [7, 11) is 0.138. The molecule has 1 saturated heterocycles. The lowest BCUT2D eigenvalue weighted by molar-refractivity contribution is 0.0596. The van der Waals surface area contributed by atoms with Crippen molar-refractivity contribution in [3.05, 3.63) is 58.9 Å².